The number of amides is 1. The van der Waals surface area contributed by atoms with Gasteiger partial charge in [0.1, 0.15) is 11.3 Å². The summed E-state index contributed by atoms with van der Waals surface area (Å²) in [6.07, 6.45) is 1.65. The number of rotatable bonds is 7. The van der Waals surface area contributed by atoms with Crippen LogP contribution in [-0.4, -0.2) is 38.3 Å². The van der Waals surface area contributed by atoms with Gasteiger partial charge in [-0.3, -0.25) is 4.79 Å². The van der Waals surface area contributed by atoms with E-state index >= 15 is 0 Å². The Morgan fingerprint density at radius 3 is 2.50 bits per heavy atom. The summed E-state index contributed by atoms with van der Waals surface area (Å²) in [7, 11) is 1.31. The zero-order valence-electron chi connectivity index (χ0n) is 18.4. The van der Waals surface area contributed by atoms with Crippen LogP contribution in [0.15, 0.2) is 36.4 Å². The molecule has 0 spiro atoms. The van der Waals surface area contributed by atoms with E-state index in [0.717, 1.165) is 6.42 Å². The van der Waals surface area contributed by atoms with Crippen molar-refractivity contribution in [2.75, 3.05) is 25.6 Å². The Labute approximate surface area is 198 Å². The number of carbonyl (C=O) groups is 2. The molecule has 1 amide bonds. The average Bonchev–Trinajstić information content (AvgIpc) is 2.79. The standard InChI is InChI=1S/C24H27Cl2NO5/c1-4-15(2)32-21-8-6-17(14-18(21)22(28)30-3)27-23(29)24(9-11-31-12-10-24)19-7-5-16(25)13-20(19)26/h5-8,13-15H,4,9-12H2,1-3H3,(H,27,29)/t15-/m1/s1. The molecule has 3 rings (SSSR count). The monoisotopic (exact) mass is 479 g/mol. The number of hydrogen-bond acceptors (Lipinski definition) is 5. The van der Waals surface area contributed by atoms with Gasteiger partial charge in [-0.2, -0.15) is 0 Å². The van der Waals surface area contributed by atoms with Crippen LogP contribution in [-0.2, 0) is 19.7 Å². The molecule has 0 radical (unpaired) electrons. The summed E-state index contributed by atoms with van der Waals surface area (Å²) >= 11 is 12.6. The Hall–Kier alpha value is -2.28. The number of anilines is 1. The Morgan fingerprint density at radius 1 is 1.16 bits per heavy atom. The van der Waals surface area contributed by atoms with Crippen LogP contribution in [0.25, 0.3) is 0 Å². The van der Waals surface area contributed by atoms with Gasteiger partial charge in [0.25, 0.3) is 0 Å². The van der Waals surface area contributed by atoms with Gasteiger partial charge in [0.05, 0.1) is 18.6 Å². The van der Waals surface area contributed by atoms with Crippen molar-refractivity contribution in [2.45, 2.75) is 44.6 Å². The van der Waals surface area contributed by atoms with E-state index in [1.807, 2.05) is 13.8 Å². The predicted molar refractivity (Wildman–Crippen MR) is 125 cm³/mol. The predicted octanol–water partition coefficient (Wildman–Crippen LogP) is 5.64. The number of halogens is 2. The number of hydrogen-bond donors (Lipinski definition) is 1. The normalized spacial score (nSPS) is 16.2. The lowest BCUT2D eigenvalue weighted by molar-refractivity contribution is -0.125. The molecule has 1 saturated heterocycles. The van der Waals surface area contributed by atoms with Gasteiger partial charge in [-0.05, 0) is 62.1 Å². The highest BCUT2D eigenvalue weighted by atomic mass is 35.5. The fourth-order valence-corrected chi connectivity index (χ4v) is 4.34. The smallest absolute Gasteiger partial charge is 0.341 e. The first kappa shape index (κ1) is 24.4. The van der Waals surface area contributed by atoms with Gasteiger partial charge < -0.3 is 19.5 Å². The molecule has 0 aromatic heterocycles. The number of esters is 1. The molecule has 32 heavy (non-hydrogen) atoms. The molecule has 1 aliphatic heterocycles. The fourth-order valence-electron chi connectivity index (χ4n) is 3.75. The molecule has 1 aliphatic rings. The summed E-state index contributed by atoms with van der Waals surface area (Å²) in [6, 6.07) is 10.1. The molecule has 172 valence electrons. The van der Waals surface area contributed by atoms with E-state index in [2.05, 4.69) is 5.32 Å². The van der Waals surface area contributed by atoms with Crippen LogP contribution in [0.3, 0.4) is 0 Å². The molecule has 6 nitrogen and oxygen atoms in total. The summed E-state index contributed by atoms with van der Waals surface area (Å²) in [6.45, 7) is 4.77. The first-order valence-electron chi connectivity index (χ1n) is 10.5. The third kappa shape index (κ3) is 5.20. The summed E-state index contributed by atoms with van der Waals surface area (Å²) in [5.41, 5.74) is 0.533. The van der Waals surface area contributed by atoms with Crippen LogP contribution >= 0.6 is 23.2 Å². The summed E-state index contributed by atoms with van der Waals surface area (Å²) in [5.74, 6) is -0.358. The molecular weight excluding hydrogens is 453 g/mol. The van der Waals surface area contributed by atoms with Crippen molar-refractivity contribution in [3.8, 4) is 5.75 Å². The van der Waals surface area contributed by atoms with Crippen molar-refractivity contribution in [2.24, 2.45) is 0 Å². The quantitative estimate of drug-likeness (QED) is 0.519. The van der Waals surface area contributed by atoms with Crippen LogP contribution in [0, 0.1) is 0 Å². The van der Waals surface area contributed by atoms with Gasteiger partial charge in [-0.1, -0.05) is 36.2 Å². The number of benzene rings is 2. The molecule has 0 saturated carbocycles. The topological polar surface area (TPSA) is 73.9 Å². The second kappa shape index (κ2) is 10.6. The Balaban J connectivity index is 1.95. The van der Waals surface area contributed by atoms with Crippen molar-refractivity contribution in [1.82, 2.24) is 0 Å². The van der Waals surface area contributed by atoms with Crippen molar-refractivity contribution >= 4 is 40.8 Å². The van der Waals surface area contributed by atoms with Crippen LogP contribution in [0.4, 0.5) is 5.69 Å². The van der Waals surface area contributed by atoms with Crippen molar-refractivity contribution in [1.29, 1.82) is 0 Å². The lowest BCUT2D eigenvalue weighted by Gasteiger charge is -2.37. The molecule has 1 atom stereocenters. The van der Waals surface area contributed by atoms with Gasteiger partial charge in [-0.25, -0.2) is 4.79 Å². The molecule has 1 fully saturated rings. The molecule has 0 aliphatic carbocycles. The molecule has 1 N–H and O–H groups in total. The highest BCUT2D eigenvalue weighted by Gasteiger charge is 2.43. The zero-order chi connectivity index (χ0) is 23.3. The number of methoxy groups -OCH3 is 1. The van der Waals surface area contributed by atoms with Gasteiger partial charge in [-0.15, -0.1) is 0 Å². The summed E-state index contributed by atoms with van der Waals surface area (Å²) < 4.78 is 16.3. The summed E-state index contributed by atoms with van der Waals surface area (Å²) in [4.78, 5) is 25.9. The average molecular weight is 480 g/mol. The van der Waals surface area contributed by atoms with Crippen molar-refractivity contribution in [3.05, 3.63) is 57.6 Å². The lowest BCUT2D eigenvalue weighted by atomic mass is 9.73. The molecular formula is C24H27Cl2NO5. The van der Waals surface area contributed by atoms with Crippen molar-refractivity contribution < 1.29 is 23.8 Å². The highest BCUT2D eigenvalue weighted by Crippen LogP contribution is 2.41. The Kier molecular flexibility index (Phi) is 8.04. The highest BCUT2D eigenvalue weighted by molar-refractivity contribution is 6.35. The Morgan fingerprint density at radius 2 is 1.88 bits per heavy atom. The maximum atomic E-state index is 13.6. The van der Waals surface area contributed by atoms with Crippen LogP contribution in [0.2, 0.25) is 10.0 Å². The molecule has 1 heterocycles. The number of nitrogens with one attached hydrogen (secondary N) is 1. The van der Waals surface area contributed by atoms with Crippen LogP contribution in [0.1, 0.15) is 49.0 Å². The lowest BCUT2D eigenvalue weighted by Crippen LogP contribution is -2.45. The molecule has 2 aromatic carbocycles. The first-order valence-corrected chi connectivity index (χ1v) is 11.3. The van der Waals surface area contributed by atoms with E-state index in [1.54, 1.807) is 36.4 Å². The molecule has 2 aromatic rings. The number of ether oxygens (including phenoxy) is 3. The van der Waals surface area contributed by atoms with E-state index in [9.17, 15) is 9.59 Å². The molecule has 8 heteroatoms. The second-order valence-corrected chi connectivity index (χ2v) is 8.66. The Bertz CT molecular complexity index is 988. The van der Waals surface area contributed by atoms with Gasteiger partial charge in [0.15, 0.2) is 0 Å². The fraction of sp³-hybridized carbons (Fsp3) is 0.417. The first-order chi connectivity index (χ1) is 15.3. The van der Waals surface area contributed by atoms with E-state index in [-0.39, 0.29) is 17.6 Å². The maximum absolute atomic E-state index is 13.6. The van der Waals surface area contributed by atoms with E-state index in [4.69, 9.17) is 37.4 Å². The van der Waals surface area contributed by atoms with Gasteiger partial charge >= 0.3 is 5.97 Å². The largest absolute Gasteiger partial charge is 0.490 e. The van der Waals surface area contributed by atoms with E-state index in [0.29, 0.717) is 53.1 Å². The molecule has 0 bridgehead atoms. The maximum Gasteiger partial charge on any atom is 0.341 e. The van der Waals surface area contributed by atoms with Crippen LogP contribution < -0.4 is 10.1 Å². The van der Waals surface area contributed by atoms with E-state index < -0.39 is 11.4 Å². The minimum absolute atomic E-state index is 0.0728. The van der Waals surface area contributed by atoms with Gasteiger partial charge in [0, 0.05) is 28.9 Å². The van der Waals surface area contributed by atoms with Crippen LogP contribution in [0.5, 0.6) is 5.75 Å². The third-order valence-corrected chi connectivity index (χ3v) is 6.32. The number of carbonyl (C=O) groups excluding carboxylic acids is 2. The minimum Gasteiger partial charge on any atom is -0.490 e. The second-order valence-electron chi connectivity index (χ2n) is 7.81. The zero-order valence-corrected chi connectivity index (χ0v) is 19.9. The minimum atomic E-state index is -0.878. The SMILES string of the molecule is CC[C@@H](C)Oc1ccc(NC(=O)C2(c3ccc(Cl)cc3Cl)CCOCC2)cc1C(=O)OC. The van der Waals surface area contributed by atoms with E-state index in [1.165, 1.54) is 7.11 Å². The third-order valence-electron chi connectivity index (χ3n) is 5.77. The molecule has 0 unspecified atom stereocenters. The summed E-state index contributed by atoms with van der Waals surface area (Å²) in [5, 5.41) is 3.89. The van der Waals surface area contributed by atoms with Crippen molar-refractivity contribution in [3.63, 3.8) is 0 Å². The van der Waals surface area contributed by atoms with Gasteiger partial charge in [0.2, 0.25) is 5.91 Å².